The molecule has 0 amide bonds. The van der Waals surface area contributed by atoms with E-state index in [1.807, 2.05) is 20.1 Å². The molecular formula is C38H54N2. The lowest BCUT2D eigenvalue weighted by atomic mass is 9.53. The first-order chi connectivity index (χ1) is 19.1. The zero-order valence-corrected chi connectivity index (χ0v) is 26.7. The summed E-state index contributed by atoms with van der Waals surface area (Å²) in [5.41, 5.74) is 11.4. The Labute approximate surface area is 245 Å². The number of aliphatic imine (C=N–C) groups is 1. The lowest BCUT2D eigenvalue weighted by molar-refractivity contribution is 0.0814. The molecule has 0 radical (unpaired) electrons. The van der Waals surface area contributed by atoms with Crippen LogP contribution in [0.1, 0.15) is 122 Å². The van der Waals surface area contributed by atoms with Gasteiger partial charge in [0.2, 0.25) is 0 Å². The molecule has 0 bridgehead atoms. The van der Waals surface area contributed by atoms with Gasteiger partial charge in [-0.25, -0.2) is 0 Å². The first-order valence-electron chi connectivity index (χ1n) is 15.6. The number of nitrogens with zero attached hydrogens (tertiary/aromatic N) is 1. The van der Waals surface area contributed by atoms with E-state index in [1.54, 1.807) is 5.57 Å². The second-order valence-corrected chi connectivity index (χ2v) is 12.9. The van der Waals surface area contributed by atoms with Gasteiger partial charge in [0.15, 0.2) is 0 Å². The fourth-order valence-corrected chi connectivity index (χ4v) is 5.83. The first-order valence-corrected chi connectivity index (χ1v) is 15.6. The summed E-state index contributed by atoms with van der Waals surface area (Å²) in [6.07, 6.45) is 13.2. The van der Waals surface area contributed by atoms with Crippen LogP contribution in [0, 0.1) is 17.8 Å². The van der Waals surface area contributed by atoms with E-state index in [4.69, 9.17) is 0 Å². The molecular weight excluding hydrogens is 484 g/mol. The van der Waals surface area contributed by atoms with Crippen molar-refractivity contribution in [2.24, 2.45) is 15.8 Å². The van der Waals surface area contributed by atoms with Crippen LogP contribution in [0.5, 0.6) is 0 Å². The average Bonchev–Trinajstić information content (AvgIpc) is 2.88. The molecule has 0 aromatic heterocycles. The summed E-state index contributed by atoms with van der Waals surface area (Å²) in [4.78, 5) is 4.50. The van der Waals surface area contributed by atoms with Gasteiger partial charge in [-0.1, -0.05) is 113 Å². The molecule has 2 aromatic carbocycles. The number of hydrogen-bond acceptors (Lipinski definition) is 2. The normalized spacial score (nSPS) is 17.0. The van der Waals surface area contributed by atoms with Crippen LogP contribution >= 0.6 is 0 Å². The molecule has 40 heavy (non-hydrogen) atoms. The van der Waals surface area contributed by atoms with Crippen LogP contribution in [-0.2, 0) is 0 Å². The molecule has 2 aromatic rings. The highest BCUT2D eigenvalue weighted by molar-refractivity contribution is 5.84. The van der Waals surface area contributed by atoms with E-state index in [9.17, 15) is 0 Å². The molecule has 2 saturated carbocycles. The first kappa shape index (κ1) is 31.7. The van der Waals surface area contributed by atoms with Crippen molar-refractivity contribution in [1.82, 2.24) is 5.32 Å². The van der Waals surface area contributed by atoms with Gasteiger partial charge in [0.05, 0.1) is 0 Å². The molecule has 1 atom stereocenters. The van der Waals surface area contributed by atoms with Gasteiger partial charge in [-0.2, -0.15) is 0 Å². The zero-order chi connectivity index (χ0) is 29.3. The fraction of sp³-hybridized carbons (Fsp3) is 0.500. The minimum atomic E-state index is 0.162. The zero-order valence-electron chi connectivity index (χ0n) is 26.7. The second-order valence-electron chi connectivity index (χ2n) is 12.9. The van der Waals surface area contributed by atoms with Crippen molar-refractivity contribution in [3.63, 3.8) is 0 Å². The number of allylic oxidation sites excluding steroid dienone is 3. The van der Waals surface area contributed by atoms with Gasteiger partial charge >= 0.3 is 0 Å². The van der Waals surface area contributed by atoms with Crippen LogP contribution in [-0.4, -0.2) is 12.8 Å². The Morgan fingerprint density at radius 1 is 1.00 bits per heavy atom. The van der Waals surface area contributed by atoms with Gasteiger partial charge < -0.3 is 5.32 Å². The van der Waals surface area contributed by atoms with Crippen LogP contribution in [0.4, 0.5) is 0 Å². The Balaban J connectivity index is 0.00000216. The minimum Gasteiger partial charge on any atom is -0.378 e. The number of nitrogens with one attached hydrogen (secondary N) is 1. The van der Waals surface area contributed by atoms with Crippen molar-refractivity contribution < 1.29 is 0 Å². The lowest BCUT2D eigenvalue weighted by Gasteiger charge is -2.52. The smallest absolute Gasteiger partial charge is 0.0485 e. The minimum absolute atomic E-state index is 0.162. The average molecular weight is 539 g/mol. The Kier molecular flexibility index (Phi) is 11.2. The van der Waals surface area contributed by atoms with E-state index < -0.39 is 0 Å². The van der Waals surface area contributed by atoms with Crippen LogP contribution < -0.4 is 5.32 Å². The lowest BCUT2D eigenvalue weighted by Crippen LogP contribution is -2.38. The fourth-order valence-electron chi connectivity index (χ4n) is 5.83. The number of benzene rings is 2. The van der Waals surface area contributed by atoms with E-state index in [-0.39, 0.29) is 6.04 Å². The van der Waals surface area contributed by atoms with Crippen LogP contribution in [0.2, 0.25) is 0 Å². The van der Waals surface area contributed by atoms with Crippen molar-refractivity contribution in [2.75, 3.05) is 6.54 Å². The van der Waals surface area contributed by atoms with Crippen LogP contribution in [0.15, 0.2) is 83.0 Å². The number of hydrogen-bond donors (Lipinski definition) is 1. The van der Waals surface area contributed by atoms with Gasteiger partial charge in [0, 0.05) is 30.1 Å². The third kappa shape index (κ3) is 8.32. The van der Waals surface area contributed by atoms with Crippen molar-refractivity contribution in [3.05, 3.63) is 100 Å². The predicted octanol–water partition coefficient (Wildman–Crippen LogP) is 10.8. The van der Waals surface area contributed by atoms with Gasteiger partial charge in [0.1, 0.15) is 0 Å². The van der Waals surface area contributed by atoms with Crippen LogP contribution in [0.25, 0.3) is 5.57 Å². The Morgan fingerprint density at radius 2 is 1.57 bits per heavy atom. The summed E-state index contributed by atoms with van der Waals surface area (Å²) < 4.78 is 0. The van der Waals surface area contributed by atoms with Gasteiger partial charge in [0.25, 0.3) is 0 Å². The molecule has 0 saturated heterocycles. The molecule has 2 nitrogen and oxygen atoms in total. The summed E-state index contributed by atoms with van der Waals surface area (Å²) in [5, 5.41) is 3.64. The van der Waals surface area contributed by atoms with E-state index in [2.05, 4.69) is 113 Å². The Hall–Kier alpha value is -2.87. The summed E-state index contributed by atoms with van der Waals surface area (Å²) in [6, 6.07) is 18.5. The Bertz CT molecular complexity index is 1190. The standard InChI is InChI=1S/C36H48N2.C2H6/c1-8-37-25-32(11-9-20-35(5,6)7)28(4)38-27(3)29-16-18-31(19-17-29)34(30-14-12-26(2)13-15-30)33-23-36(24-33)21-10-22-36;1-2/h11-19,25,27,38H,4,8-10,20-24H2,1-3,5-7H3;1-2H3/b32-11+,37-25?;/t27-;/m1./s1. The van der Waals surface area contributed by atoms with E-state index in [0.717, 1.165) is 30.7 Å². The van der Waals surface area contributed by atoms with Crippen molar-refractivity contribution in [2.45, 2.75) is 106 Å². The maximum absolute atomic E-state index is 4.50. The highest BCUT2D eigenvalue weighted by Crippen LogP contribution is 2.60. The molecule has 0 heterocycles. The quantitative estimate of drug-likeness (QED) is 0.236. The second kappa shape index (κ2) is 14.2. The maximum atomic E-state index is 4.50. The molecule has 2 heteroatoms. The molecule has 0 aliphatic heterocycles. The molecule has 2 aliphatic carbocycles. The monoisotopic (exact) mass is 538 g/mol. The topological polar surface area (TPSA) is 24.4 Å². The van der Waals surface area contributed by atoms with Gasteiger partial charge in [-0.05, 0) is 92.4 Å². The van der Waals surface area contributed by atoms with Gasteiger partial charge in [-0.3, -0.25) is 4.99 Å². The van der Waals surface area contributed by atoms with Crippen LogP contribution in [0.3, 0.4) is 0 Å². The SMILES string of the molecule is C=C(N[C@H](C)c1ccc(C(=C2CC3(CCC3)C2)c2ccc(C)cc2)cc1)/C(C=NCC)=C/CCC(C)(C)C.CC. The third-order valence-corrected chi connectivity index (χ3v) is 8.39. The van der Waals surface area contributed by atoms with Crippen molar-refractivity contribution in [1.29, 1.82) is 0 Å². The number of aryl methyl sites for hydroxylation is 1. The Morgan fingerprint density at radius 3 is 2.08 bits per heavy atom. The summed E-state index contributed by atoms with van der Waals surface area (Å²) in [6.45, 7) is 22.5. The summed E-state index contributed by atoms with van der Waals surface area (Å²) in [5.74, 6) is 0. The summed E-state index contributed by atoms with van der Waals surface area (Å²) in [7, 11) is 0. The largest absolute Gasteiger partial charge is 0.378 e. The molecule has 1 N–H and O–H groups in total. The van der Waals surface area contributed by atoms with Gasteiger partial charge in [-0.15, -0.1) is 0 Å². The molecule has 216 valence electrons. The third-order valence-electron chi connectivity index (χ3n) is 8.39. The van der Waals surface area contributed by atoms with E-state index in [0.29, 0.717) is 10.8 Å². The molecule has 2 fully saturated rings. The molecule has 0 unspecified atom stereocenters. The molecule has 4 rings (SSSR count). The summed E-state index contributed by atoms with van der Waals surface area (Å²) >= 11 is 0. The van der Waals surface area contributed by atoms with E-state index >= 15 is 0 Å². The highest BCUT2D eigenvalue weighted by atomic mass is 14.9. The number of rotatable bonds is 10. The van der Waals surface area contributed by atoms with E-state index in [1.165, 1.54) is 59.9 Å². The molecule has 2 aliphatic rings. The van der Waals surface area contributed by atoms with Crippen molar-refractivity contribution in [3.8, 4) is 0 Å². The highest BCUT2D eigenvalue weighted by Gasteiger charge is 2.46. The molecule has 1 spiro atoms. The van der Waals surface area contributed by atoms with Crippen molar-refractivity contribution >= 4 is 11.8 Å². The predicted molar refractivity (Wildman–Crippen MR) is 177 cm³/mol. The maximum Gasteiger partial charge on any atom is 0.0485 e.